The largest absolute Gasteiger partial charge is 0.462 e. The third-order valence-corrected chi connectivity index (χ3v) is 1.84. The highest BCUT2D eigenvalue weighted by Crippen LogP contribution is 2.08. The van der Waals surface area contributed by atoms with Crippen molar-refractivity contribution in [1.82, 2.24) is 0 Å². The number of aryl methyl sites for hydroxylation is 1. The molecule has 0 fully saturated rings. The van der Waals surface area contributed by atoms with Crippen LogP contribution in [0.25, 0.3) is 6.08 Å². The molecule has 2 N–H and O–H groups in total. The lowest BCUT2D eigenvalue weighted by atomic mass is 10.3. The van der Waals surface area contributed by atoms with Crippen molar-refractivity contribution in [3.63, 3.8) is 0 Å². The van der Waals surface area contributed by atoms with Gasteiger partial charge in [-0.15, -0.1) is 0 Å². The van der Waals surface area contributed by atoms with Gasteiger partial charge in [0.25, 0.3) is 5.91 Å². The number of furan rings is 1. The number of hydrogen-bond donors (Lipinski definition) is 1. The maximum absolute atomic E-state index is 11.2. The molecule has 1 amide bonds. The van der Waals surface area contributed by atoms with E-state index >= 15 is 0 Å². The van der Waals surface area contributed by atoms with Crippen molar-refractivity contribution < 1.29 is 18.7 Å². The molecular formula is C11H13NO4. The van der Waals surface area contributed by atoms with Crippen LogP contribution in [0.3, 0.4) is 0 Å². The lowest BCUT2D eigenvalue weighted by molar-refractivity contribution is -0.148. The van der Waals surface area contributed by atoms with Gasteiger partial charge >= 0.3 is 5.97 Å². The Kier molecular flexibility index (Phi) is 3.88. The first-order valence-electron chi connectivity index (χ1n) is 4.73. The Hall–Kier alpha value is -2.04. The molecule has 1 aromatic heterocycles. The minimum absolute atomic E-state index is 0.543. The number of rotatable bonds is 4. The van der Waals surface area contributed by atoms with E-state index in [0.29, 0.717) is 5.76 Å². The van der Waals surface area contributed by atoms with Gasteiger partial charge in [-0.05, 0) is 32.1 Å². The molecule has 1 atom stereocenters. The average molecular weight is 223 g/mol. The number of esters is 1. The maximum atomic E-state index is 11.2. The van der Waals surface area contributed by atoms with Crippen LogP contribution in [0, 0.1) is 6.92 Å². The van der Waals surface area contributed by atoms with Crippen LogP contribution in [-0.4, -0.2) is 18.0 Å². The van der Waals surface area contributed by atoms with Gasteiger partial charge < -0.3 is 14.9 Å². The third kappa shape index (κ3) is 3.61. The van der Waals surface area contributed by atoms with E-state index in [1.807, 2.05) is 0 Å². The molecule has 0 spiro atoms. The van der Waals surface area contributed by atoms with Gasteiger partial charge in [0.1, 0.15) is 11.5 Å². The summed E-state index contributed by atoms with van der Waals surface area (Å²) in [5, 5.41) is 0. The zero-order valence-corrected chi connectivity index (χ0v) is 9.10. The summed E-state index contributed by atoms with van der Waals surface area (Å²) in [6.45, 7) is 3.20. The highest BCUT2D eigenvalue weighted by molar-refractivity contribution is 5.89. The number of ether oxygens (including phenoxy) is 1. The molecule has 0 saturated carbocycles. The van der Waals surface area contributed by atoms with Gasteiger partial charge in [-0.1, -0.05) is 0 Å². The van der Waals surface area contributed by atoms with Crippen molar-refractivity contribution in [3.8, 4) is 0 Å². The smallest absolute Gasteiger partial charge is 0.331 e. The fourth-order valence-electron chi connectivity index (χ4n) is 0.965. The van der Waals surface area contributed by atoms with Crippen molar-refractivity contribution in [3.05, 3.63) is 29.7 Å². The zero-order valence-electron chi connectivity index (χ0n) is 9.10. The second kappa shape index (κ2) is 5.16. The van der Waals surface area contributed by atoms with E-state index in [0.717, 1.165) is 5.76 Å². The molecule has 0 saturated heterocycles. The molecular weight excluding hydrogens is 210 g/mol. The van der Waals surface area contributed by atoms with E-state index in [1.165, 1.54) is 19.1 Å². The van der Waals surface area contributed by atoms with Gasteiger partial charge in [0.2, 0.25) is 0 Å². The van der Waals surface area contributed by atoms with Gasteiger partial charge in [0.15, 0.2) is 6.10 Å². The zero-order chi connectivity index (χ0) is 12.1. The lowest BCUT2D eigenvalue weighted by Crippen LogP contribution is -2.29. The number of carbonyl (C=O) groups excluding carboxylic acids is 2. The fourth-order valence-corrected chi connectivity index (χ4v) is 0.965. The Morgan fingerprint density at radius 2 is 2.19 bits per heavy atom. The molecule has 1 aromatic rings. The fraction of sp³-hybridized carbons (Fsp3) is 0.273. The first-order chi connectivity index (χ1) is 7.49. The van der Waals surface area contributed by atoms with E-state index in [9.17, 15) is 9.59 Å². The molecule has 0 radical (unpaired) electrons. The van der Waals surface area contributed by atoms with Crippen molar-refractivity contribution in [2.45, 2.75) is 20.0 Å². The second-order valence-electron chi connectivity index (χ2n) is 3.26. The van der Waals surface area contributed by atoms with Crippen LogP contribution >= 0.6 is 0 Å². The number of primary amides is 1. The molecule has 86 valence electrons. The normalized spacial score (nSPS) is 12.6. The summed E-state index contributed by atoms with van der Waals surface area (Å²) in [5.74, 6) is -0.0318. The van der Waals surface area contributed by atoms with Gasteiger partial charge in [0, 0.05) is 6.08 Å². The first kappa shape index (κ1) is 12.0. The lowest BCUT2D eigenvalue weighted by Gasteiger charge is -2.06. The molecule has 5 nitrogen and oxygen atoms in total. The van der Waals surface area contributed by atoms with Gasteiger partial charge in [-0.25, -0.2) is 4.79 Å². The molecule has 0 aliphatic heterocycles. The highest BCUT2D eigenvalue weighted by Gasteiger charge is 2.12. The average Bonchev–Trinajstić information content (AvgIpc) is 2.61. The Morgan fingerprint density at radius 1 is 1.50 bits per heavy atom. The van der Waals surface area contributed by atoms with Gasteiger partial charge in [-0.3, -0.25) is 4.79 Å². The van der Waals surface area contributed by atoms with Crippen molar-refractivity contribution in [2.24, 2.45) is 5.73 Å². The molecule has 1 heterocycles. The van der Waals surface area contributed by atoms with Crippen molar-refractivity contribution in [1.29, 1.82) is 0 Å². The second-order valence-corrected chi connectivity index (χ2v) is 3.26. The van der Waals surface area contributed by atoms with Crippen LogP contribution in [0.2, 0.25) is 0 Å². The van der Waals surface area contributed by atoms with Crippen LogP contribution in [0.1, 0.15) is 18.4 Å². The summed E-state index contributed by atoms with van der Waals surface area (Å²) in [6, 6.07) is 3.49. The van der Waals surface area contributed by atoms with E-state index in [4.69, 9.17) is 14.9 Å². The SMILES string of the molecule is Cc1ccc(/C=C/C(=O)O[C@@H](C)C(N)=O)o1. The summed E-state index contributed by atoms with van der Waals surface area (Å²) in [7, 11) is 0. The Labute approximate surface area is 92.9 Å². The van der Waals surface area contributed by atoms with Crippen molar-refractivity contribution >= 4 is 18.0 Å². The van der Waals surface area contributed by atoms with Crippen LogP contribution in [0.4, 0.5) is 0 Å². The van der Waals surface area contributed by atoms with E-state index in [-0.39, 0.29) is 0 Å². The van der Waals surface area contributed by atoms with E-state index in [2.05, 4.69) is 0 Å². The summed E-state index contributed by atoms with van der Waals surface area (Å²) >= 11 is 0. The third-order valence-electron chi connectivity index (χ3n) is 1.84. The topological polar surface area (TPSA) is 82.5 Å². The van der Waals surface area contributed by atoms with Crippen LogP contribution < -0.4 is 5.73 Å². The summed E-state index contributed by atoms with van der Waals surface area (Å²) in [4.78, 5) is 21.8. The monoisotopic (exact) mass is 223 g/mol. The maximum Gasteiger partial charge on any atom is 0.331 e. The minimum Gasteiger partial charge on any atom is -0.462 e. The van der Waals surface area contributed by atoms with Crippen LogP contribution in [-0.2, 0) is 14.3 Å². The van der Waals surface area contributed by atoms with Gasteiger partial charge in [0.05, 0.1) is 0 Å². The summed E-state index contributed by atoms with van der Waals surface area (Å²) in [6.07, 6.45) is 1.70. The molecule has 0 unspecified atom stereocenters. The summed E-state index contributed by atoms with van der Waals surface area (Å²) < 4.78 is 9.90. The minimum atomic E-state index is -0.935. The molecule has 16 heavy (non-hydrogen) atoms. The Balaban J connectivity index is 2.51. The number of hydrogen-bond acceptors (Lipinski definition) is 4. The van der Waals surface area contributed by atoms with E-state index < -0.39 is 18.0 Å². The molecule has 0 aliphatic carbocycles. The standard InChI is InChI=1S/C11H13NO4/c1-7-3-4-9(15-7)5-6-10(13)16-8(2)11(12)14/h3-6,8H,1-2H3,(H2,12,14)/b6-5+/t8-/m0/s1. The highest BCUT2D eigenvalue weighted by atomic mass is 16.5. The summed E-state index contributed by atoms with van der Waals surface area (Å²) in [5.41, 5.74) is 4.94. The predicted octanol–water partition coefficient (Wildman–Crippen LogP) is 1.02. The Morgan fingerprint density at radius 3 is 2.69 bits per heavy atom. The molecule has 0 aromatic carbocycles. The van der Waals surface area contributed by atoms with Gasteiger partial charge in [-0.2, -0.15) is 0 Å². The first-order valence-corrected chi connectivity index (χ1v) is 4.73. The van der Waals surface area contributed by atoms with Crippen molar-refractivity contribution in [2.75, 3.05) is 0 Å². The number of carbonyl (C=O) groups is 2. The van der Waals surface area contributed by atoms with Crippen LogP contribution in [0.15, 0.2) is 22.6 Å². The molecule has 0 aliphatic rings. The Bertz CT molecular complexity index is 419. The molecule has 5 heteroatoms. The van der Waals surface area contributed by atoms with E-state index in [1.54, 1.807) is 19.1 Å². The van der Waals surface area contributed by atoms with Crippen LogP contribution in [0.5, 0.6) is 0 Å². The molecule has 0 bridgehead atoms. The number of amides is 1. The quantitative estimate of drug-likeness (QED) is 0.610. The molecule has 1 rings (SSSR count). The number of nitrogens with two attached hydrogens (primary N) is 1. The predicted molar refractivity (Wildman–Crippen MR) is 57.2 cm³/mol.